The molecule has 14 heavy (non-hydrogen) atoms. The van der Waals surface area contributed by atoms with Gasteiger partial charge in [-0.05, 0) is 19.4 Å². The average molecular weight is 194 g/mol. The first-order valence-corrected chi connectivity index (χ1v) is 4.75. The van der Waals surface area contributed by atoms with Crippen LogP contribution in [0.15, 0.2) is 16.9 Å². The Morgan fingerprint density at radius 3 is 2.86 bits per heavy atom. The van der Waals surface area contributed by atoms with Gasteiger partial charge in [0.05, 0.1) is 24.6 Å². The van der Waals surface area contributed by atoms with Crippen LogP contribution < -0.4 is 10.6 Å². The molecule has 4 nitrogen and oxygen atoms in total. The molecule has 0 aromatic carbocycles. The number of aryl methyl sites for hydroxylation is 1. The van der Waals surface area contributed by atoms with E-state index >= 15 is 0 Å². The average Bonchev–Trinajstić information content (AvgIpc) is 2.57. The normalized spacial score (nSPS) is 27.4. The third-order valence-electron chi connectivity index (χ3n) is 2.60. The molecule has 1 unspecified atom stereocenters. The zero-order valence-electron chi connectivity index (χ0n) is 8.33. The van der Waals surface area contributed by atoms with Gasteiger partial charge in [-0.3, -0.25) is 10.1 Å². The summed E-state index contributed by atoms with van der Waals surface area (Å²) in [7, 11) is 0. The molecule has 1 aromatic heterocycles. The lowest BCUT2D eigenvalue weighted by atomic mass is 10.0. The van der Waals surface area contributed by atoms with Gasteiger partial charge in [0, 0.05) is 12.1 Å². The Balaban J connectivity index is 2.14. The highest BCUT2D eigenvalue weighted by Gasteiger charge is 2.26. The van der Waals surface area contributed by atoms with Crippen molar-refractivity contribution >= 4 is 5.91 Å². The molecule has 2 heterocycles. The number of hydrogen-bond acceptors (Lipinski definition) is 3. The summed E-state index contributed by atoms with van der Waals surface area (Å²) in [5.74, 6) is 0.0578. The van der Waals surface area contributed by atoms with Crippen molar-refractivity contribution in [3.8, 4) is 0 Å². The Morgan fingerprint density at radius 2 is 2.29 bits per heavy atom. The van der Waals surface area contributed by atoms with Crippen molar-refractivity contribution in [2.45, 2.75) is 25.9 Å². The maximum atomic E-state index is 11.2. The van der Waals surface area contributed by atoms with E-state index in [1.54, 1.807) is 12.5 Å². The first kappa shape index (κ1) is 9.27. The van der Waals surface area contributed by atoms with E-state index in [9.17, 15) is 4.79 Å². The molecule has 2 rings (SSSR count). The quantitative estimate of drug-likeness (QED) is 0.693. The van der Waals surface area contributed by atoms with Crippen molar-refractivity contribution in [2.24, 2.45) is 0 Å². The number of hydrogen-bond donors (Lipinski definition) is 2. The van der Waals surface area contributed by atoms with Crippen LogP contribution in [0.25, 0.3) is 0 Å². The molecule has 1 aromatic rings. The monoisotopic (exact) mass is 194 g/mol. The molecule has 2 atom stereocenters. The largest absolute Gasteiger partial charge is 0.472 e. The van der Waals surface area contributed by atoms with E-state index in [1.807, 2.05) is 13.8 Å². The van der Waals surface area contributed by atoms with E-state index in [0.29, 0.717) is 6.54 Å². The summed E-state index contributed by atoms with van der Waals surface area (Å²) >= 11 is 0. The minimum atomic E-state index is -0.136. The number of nitrogens with one attached hydrogen (secondary N) is 2. The Labute approximate surface area is 82.7 Å². The lowest BCUT2D eigenvalue weighted by molar-refractivity contribution is -0.124. The van der Waals surface area contributed by atoms with Crippen LogP contribution in [-0.2, 0) is 4.79 Å². The summed E-state index contributed by atoms with van der Waals surface area (Å²) in [5, 5.41) is 6.09. The molecular formula is C10H14N2O2. The fraction of sp³-hybridized carbons (Fsp3) is 0.500. The van der Waals surface area contributed by atoms with Gasteiger partial charge in [0.2, 0.25) is 5.91 Å². The van der Waals surface area contributed by atoms with Gasteiger partial charge in [-0.1, -0.05) is 0 Å². The van der Waals surface area contributed by atoms with Crippen LogP contribution in [0.4, 0.5) is 0 Å². The second-order valence-corrected chi connectivity index (χ2v) is 3.70. The Kier molecular flexibility index (Phi) is 2.29. The van der Waals surface area contributed by atoms with Gasteiger partial charge in [-0.2, -0.15) is 0 Å². The van der Waals surface area contributed by atoms with Crippen LogP contribution in [0, 0.1) is 6.92 Å². The van der Waals surface area contributed by atoms with Crippen LogP contribution in [0.5, 0.6) is 0 Å². The molecule has 0 bridgehead atoms. The number of carbonyl (C=O) groups is 1. The Morgan fingerprint density at radius 1 is 1.50 bits per heavy atom. The third kappa shape index (κ3) is 1.53. The molecule has 0 spiro atoms. The predicted octanol–water partition coefficient (Wildman–Crippen LogP) is 0.737. The minimum Gasteiger partial charge on any atom is -0.472 e. The lowest BCUT2D eigenvalue weighted by Gasteiger charge is -2.28. The van der Waals surface area contributed by atoms with E-state index in [1.165, 1.54) is 0 Å². The van der Waals surface area contributed by atoms with Gasteiger partial charge in [-0.25, -0.2) is 0 Å². The van der Waals surface area contributed by atoms with Crippen molar-refractivity contribution in [2.75, 3.05) is 6.54 Å². The summed E-state index contributed by atoms with van der Waals surface area (Å²) in [5.41, 5.74) is 2.24. The van der Waals surface area contributed by atoms with Gasteiger partial charge in [-0.15, -0.1) is 0 Å². The maximum absolute atomic E-state index is 11.2. The number of amides is 1. The second-order valence-electron chi connectivity index (χ2n) is 3.70. The first-order valence-electron chi connectivity index (χ1n) is 4.75. The van der Waals surface area contributed by atoms with Crippen LogP contribution in [0.3, 0.4) is 0 Å². The summed E-state index contributed by atoms with van der Waals surface area (Å²) in [4.78, 5) is 11.2. The molecule has 1 aliphatic rings. The minimum absolute atomic E-state index is 0.0578. The molecular weight excluding hydrogens is 180 g/mol. The summed E-state index contributed by atoms with van der Waals surface area (Å²) in [6, 6.07) is 0.0319. The van der Waals surface area contributed by atoms with E-state index < -0.39 is 0 Å². The van der Waals surface area contributed by atoms with Crippen LogP contribution in [0.2, 0.25) is 0 Å². The fourth-order valence-electron chi connectivity index (χ4n) is 1.72. The lowest BCUT2D eigenvalue weighted by Crippen LogP contribution is -2.52. The predicted molar refractivity (Wildman–Crippen MR) is 51.8 cm³/mol. The number of rotatable bonds is 1. The highest BCUT2D eigenvalue weighted by atomic mass is 16.3. The van der Waals surface area contributed by atoms with Crippen molar-refractivity contribution in [3.05, 3.63) is 23.7 Å². The van der Waals surface area contributed by atoms with Crippen LogP contribution >= 0.6 is 0 Å². The molecule has 2 N–H and O–H groups in total. The number of piperazine rings is 1. The maximum Gasteiger partial charge on any atom is 0.236 e. The summed E-state index contributed by atoms with van der Waals surface area (Å²) in [6.45, 7) is 4.49. The van der Waals surface area contributed by atoms with Crippen molar-refractivity contribution in [1.82, 2.24) is 10.6 Å². The van der Waals surface area contributed by atoms with E-state index in [4.69, 9.17) is 4.42 Å². The third-order valence-corrected chi connectivity index (χ3v) is 2.60. The first-order chi connectivity index (χ1) is 6.68. The van der Waals surface area contributed by atoms with Crippen molar-refractivity contribution in [1.29, 1.82) is 0 Å². The SMILES string of the molecule is Cc1cocc1C1CNC(=O)[C@@H](C)N1. The van der Waals surface area contributed by atoms with Gasteiger partial charge in [0.1, 0.15) is 0 Å². The van der Waals surface area contributed by atoms with E-state index in [-0.39, 0.29) is 18.0 Å². The van der Waals surface area contributed by atoms with E-state index in [0.717, 1.165) is 11.1 Å². The smallest absolute Gasteiger partial charge is 0.236 e. The molecule has 76 valence electrons. The summed E-state index contributed by atoms with van der Waals surface area (Å²) < 4.78 is 5.11. The molecule has 1 aliphatic heterocycles. The molecule has 0 saturated carbocycles. The Hall–Kier alpha value is -1.29. The highest BCUT2D eigenvalue weighted by molar-refractivity contribution is 5.82. The van der Waals surface area contributed by atoms with Crippen molar-refractivity contribution in [3.63, 3.8) is 0 Å². The zero-order chi connectivity index (χ0) is 10.1. The van der Waals surface area contributed by atoms with E-state index in [2.05, 4.69) is 10.6 Å². The van der Waals surface area contributed by atoms with Gasteiger partial charge >= 0.3 is 0 Å². The summed E-state index contributed by atoms with van der Waals surface area (Å²) in [6.07, 6.45) is 3.45. The fourth-order valence-corrected chi connectivity index (χ4v) is 1.72. The molecule has 0 radical (unpaired) electrons. The number of carbonyl (C=O) groups excluding carboxylic acids is 1. The molecule has 4 heteroatoms. The molecule has 1 amide bonds. The van der Waals surface area contributed by atoms with Crippen molar-refractivity contribution < 1.29 is 9.21 Å². The van der Waals surface area contributed by atoms with Crippen LogP contribution in [-0.4, -0.2) is 18.5 Å². The topological polar surface area (TPSA) is 54.3 Å². The second kappa shape index (κ2) is 3.46. The zero-order valence-corrected chi connectivity index (χ0v) is 8.33. The molecule has 1 saturated heterocycles. The number of furan rings is 1. The van der Waals surface area contributed by atoms with Crippen LogP contribution in [0.1, 0.15) is 24.1 Å². The van der Waals surface area contributed by atoms with Gasteiger partial charge in [0.25, 0.3) is 0 Å². The highest BCUT2D eigenvalue weighted by Crippen LogP contribution is 2.20. The Bertz CT molecular complexity index is 346. The van der Waals surface area contributed by atoms with Gasteiger partial charge in [0.15, 0.2) is 0 Å². The van der Waals surface area contributed by atoms with Gasteiger partial charge < -0.3 is 9.73 Å². The molecule has 0 aliphatic carbocycles. The standard InChI is InChI=1S/C10H14N2O2/c1-6-4-14-5-8(6)9-3-11-10(13)7(2)12-9/h4-5,7,9,12H,3H2,1-2H3,(H,11,13)/t7-,9?/m1/s1. The molecule has 1 fully saturated rings.